The fourth-order valence-electron chi connectivity index (χ4n) is 2.34. The molecular weight excluding hydrogens is 335 g/mol. The number of carbonyl (C=O) groups excluding carboxylic acids is 1. The standard InChI is InChI=1S/C16H24BrFN2O/c1-10(2)12(6-7-19)4-5-16(21)20-15-9-13(17)14(18)8-11(15)3/h8-10,12H,4-7,19H2,1-3H3,(H,20,21). The minimum atomic E-state index is -0.326. The molecule has 1 aromatic rings. The highest BCUT2D eigenvalue weighted by molar-refractivity contribution is 9.10. The number of carbonyl (C=O) groups is 1. The Morgan fingerprint density at radius 2 is 2.05 bits per heavy atom. The van der Waals surface area contributed by atoms with Gasteiger partial charge in [0.2, 0.25) is 5.91 Å². The number of hydrogen-bond acceptors (Lipinski definition) is 2. The molecule has 0 heterocycles. The maximum Gasteiger partial charge on any atom is 0.224 e. The third-order valence-electron chi connectivity index (χ3n) is 3.76. The minimum absolute atomic E-state index is 0.0423. The van der Waals surface area contributed by atoms with Crippen molar-refractivity contribution in [2.45, 2.75) is 40.0 Å². The summed E-state index contributed by atoms with van der Waals surface area (Å²) in [5.74, 6) is 0.609. The monoisotopic (exact) mass is 358 g/mol. The van der Waals surface area contributed by atoms with Crippen LogP contribution < -0.4 is 11.1 Å². The molecule has 21 heavy (non-hydrogen) atoms. The molecule has 1 atom stereocenters. The Labute approximate surface area is 134 Å². The van der Waals surface area contributed by atoms with Gasteiger partial charge in [0.05, 0.1) is 4.47 Å². The van der Waals surface area contributed by atoms with Crippen LogP contribution in [-0.2, 0) is 4.79 Å². The van der Waals surface area contributed by atoms with Gasteiger partial charge in [0.15, 0.2) is 0 Å². The summed E-state index contributed by atoms with van der Waals surface area (Å²) in [5.41, 5.74) is 6.97. The highest BCUT2D eigenvalue weighted by Gasteiger charge is 2.15. The first-order chi connectivity index (χ1) is 9.85. The van der Waals surface area contributed by atoms with Crippen LogP contribution in [0.1, 0.15) is 38.7 Å². The zero-order valence-electron chi connectivity index (χ0n) is 12.9. The first-order valence-electron chi connectivity index (χ1n) is 7.30. The van der Waals surface area contributed by atoms with E-state index in [-0.39, 0.29) is 11.7 Å². The van der Waals surface area contributed by atoms with E-state index in [1.807, 2.05) is 0 Å². The van der Waals surface area contributed by atoms with E-state index in [2.05, 4.69) is 35.1 Å². The smallest absolute Gasteiger partial charge is 0.224 e. The van der Waals surface area contributed by atoms with Gasteiger partial charge >= 0.3 is 0 Å². The molecule has 3 N–H and O–H groups in total. The van der Waals surface area contributed by atoms with Gasteiger partial charge in [0.1, 0.15) is 5.82 Å². The molecule has 118 valence electrons. The SMILES string of the molecule is Cc1cc(F)c(Br)cc1NC(=O)CCC(CCN)C(C)C. The fourth-order valence-corrected chi connectivity index (χ4v) is 2.68. The molecule has 1 unspecified atom stereocenters. The molecule has 0 aliphatic carbocycles. The molecule has 0 aromatic heterocycles. The molecule has 0 aliphatic rings. The van der Waals surface area contributed by atoms with Crippen molar-refractivity contribution < 1.29 is 9.18 Å². The molecule has 0 saturated heterocycles. The van der Waals surface area contributed by atoms with Crippen molar-refractivity contribution >= 4 is 27.5 Å². The largest absolute Gasteiger partial charge is 0.330 e. The normalized spacial score (nSPS) is 12.5. The van der Waals surface area contributed by atoms with E-state index < -0.39 is 0 Å². The topological polar surface area (TPSA) is 55.1 Å². The van der Waals surface area contributed by atoms with E-state index in [4.69, 9.17) is 5.73 Å². The zero-order chi connectivity index (χ0) is 16.0. The van der Waals surface area contributed by atoms with Gasteiger partial charge in [-0.1, -0.05) is 13.8 Å². The Bertz CT molecular complexity index is 491. The number of aryl methyl sites for hydroxylation is 1. The van der Waals surface area contributed by atoms with Crippen molar-refractivity contribution in [3.05, 3.63) is 28.0 Å². The van der Waals surface area contributed by atoms with E-state index >= 15 is 0 Å². The summed E-state index contributed by atoms with van der Waals surface area (Å²) in [7, 11) is 0. The number of benzene rings is 1. The molecule has 0 fully saturated rings. The van der Waals surface area contributed by atoms with Crippen molar-refractivity contribution in [1.82, 2.24) is 0 Å². The van der Waals surface area contributed by atoms with Crippen LogP contribution in [0.15, 0.2) is 16.6 Å². The highest BCUT2D eigenvalue weighted by Crippen LogP contribution is 2.25. The molecule has 1 aromatic carbocycles. The van der Waals surface area contributed by atoms with E-state index in [0.29, 0.717) is 40.5 Å². The van der Waals surface area contributed by atoms with Gasteiger partial charge in [0.25, 0.3) is 0 Å². The van der Waals surface area contributed by atoms with Crippen LogP contribution >= 0.6 is 15.9 Å². The molecule has 0 bridgehead atoms. The van der Waals surface area contributed by atoms with E-state index in [0.717, 1.165) is 12.8 Å². The lowest BCUT2D eigenvalue weighted by Crippen LogP contribution is -2.18. The Balaban J connectivity index is 2.60. The molecule has 0 aliphatic heterocycles. The van der Waals surface area contributed by atoms with Gasteiger partial charge in [-0.15, -0.1) is 0 Å². The Morgan fingerprint density at radius 3 is 2.62 bits per heavy atom. The fraction of sp³-hybridized carbons (Fsp3) is 0.562. The Kier molecular flexibility index (Phi) is 7.32. The van der Waals surface area contributed by atoms with Crippen LogP contribution in [0.25, 0.3) is 0 Å². The lowest BCUT2D eigenvalue weighted by atomic mass is 9.88. The van der Waals surface area contributed by atoms with Crippen molar-refractivity contribution in [3.63, 3.8) is 0 Å². The number of nitrogens with two attached hydrogens (primary N) is 1. The molecule has 3 nitrogen and oxygen atoms in total. The van der Waals surface area contributed by atoms with Crippen molar-refractivity contribution in [2.75, 3.05) is 11.9 Å². The first-order valence-corrected chi connectivity index (χ1v) is 8.10. The number of nitrogens with one attached hydrogen (secondary N) is 1. The Hall–Kier alpha value is -0.940. The summed E-state index contributed by atoms with van der Waals surface area (Å²) in [6.07, 6.45) is 2.21. The van der Waals surface area contributed by atoms with E-state index in [1.54, 1.807) is 13.0 Å². The maximum atomic E-state index is 13.4. The zero-order valence-corrected chi connectivity index (χ0v) is 14.5. The van der Waals surface area contributed by atoms with Gasteiger partial charge < -0.3 is 11.1 Å². The lowest BCUT2D eigenvalue weighted by Gasteiger charge is -2.19. The lowest BCUT2D eigenvalue weighted by molar-refractivity contribution is -0.116. The van der Waals surface area contributed by atoms with Gasteiger partial charge in [0, 0.05) is 12.1 Å². The Morgan fingerprint density at radius 1 is 1.38 bits per heavy atom. The second-order valence-corrected chi connectivity index (χ2v) is 6.60. The summed E-state index contributed by atoms with van der Waals surface area (Å²) in [4.78, 5) is 12.0. The van der Waals surface area contributed by atoms with Crippen molar-refractivity contribution in [3.8, 4) is 0 Å². The van der Waals surface area contributed by atoms with Crippen LogP contribution in [-0.4, -0.2) is 12.5 Å². The van der Waals surface area contributed by atoms with E-state index in [9.17, 15) is 9.18 Å². The summed E-state index contributed by atoms with van der Waals surface area (Å²) in [6, 6.07) is 3.01. The second-order valence-electron chi connectivity index (χ2n) is 5.75. The first kappa shape index (κ1) is 18.1. The van der Waals surface area contributed by atoms with Gasteiger partial charge in [-0.25, -0.2) is 4.39 Å². The van der Waals surface area contributed by atoms with Crippen LogP contribution in [0.3, 0.4) is 0 Å². The summed E-state index contributed by atoms with van der Waals surface area (Å²) in [6.45, 7) is 6.73. The third kappa shape index (κ3) is 5.75. The number of rotatable bonds is 7. The molecular formula is C16H24BrFN2O. The van der Waals surface area contributed by atoms with Crippen molar-refractivity contribution in [2.24, 2.45) is 17.6 Å². The predicted octanol–water partition coefficient (Wildman–Crippen LogP) is 4.24. The molecule has 5 heteroatoms. The number of halogens is 2. The van der Waals surface area contributed by atoms with Crippen LogP contribution in [0.4, 0.5) is 10.1 Å². The molecule has 1 amide bonds. The summed E-state index contributed by atoms with van der Waals surface area (Å²) in [5, 5.41) is 2.85. The van der Waals surface area contributed by atoms with Gasteiger partial charge in [-0.3, -0.25) is 4.79 Å². The average Bonchev–Trinajstić information content (AvgIpc) is 2.40. The molecule has 1 rings (SSSR count). The third-order valence-corrected chi connectivity index (χ3v) is 4.37. The number of anilines is 1. The van der Waals surface area contributed by atoms with Gasteiger partial charge in [-0.05, 0) is 71.8 Å². The summed E-state index contributed by atoms with van der Waals surface area (Å²) >= 11 is 3.13. The van der Waals surface area contributed by atoms with Crippen molar-refractivity contribution in [1.29, 1.82) is 0 Å². The number of amides is 1. The van der Waals surface area contributed by atoms with Gasteiger partial charge in [-0.2, -0.15) is 0 Å². The second kappa shape index (κ2) is 8.49. The average molecular weight is 359 g/mol. The van der Waals surface area contributed by atoms with E-state index in [1.165, 1.54) is 6.07 Å². The minimum Gasteiger partial charge on any atom is -0.330 e. The predicted molar refractivity (Wildman–Crippen MR) is 88.7 cm³/mol. The molecule has 0 saturated carbocycles. The molecule has 0 radical (unpaired) electrons. The van der Waals surface area contributed by atoms with Crippen LogP contribution in [0.2, 0.25) is 0 Å². The van der Waals surface area contributed by atoms with Crippen LogP contribution in [0.5, 0.6) is 0 Å². The quantitative estimate of drug-likeness (QED) is 0.765. The molecule has 0 spiro atoms. The van der Waals surface area contributed by atoms with Crippen LogP contribution in [0, 0.1) is 24.6 Å². The maximum absolute atomic E-state index is 13.4. The highest BCUT2D eigenvalue weighted by atomic mass is 79.9. The summed E-state index contributed by atoms with van der Waals surface area (Å²) < 4.78 is 13.7. The number of hydrogen-bond donors (Lipinski definition) is 2.